The molecule has 3 N–H and O–H groups in total. The molecule has 2 aromatic carbocycles. The van der Waals surface area contributed by atoms with Crippen LogP contribution in [0.15, 0.2) is 42.5 Å². The standard InChI is InChI=1S/C17H12ClFN2O3/c18-11-8-13-10(7-12(11)19)15(16(23)21(13)17(20)24)14(22)6-9-4-2-1-3-5-9/h1-5,7-8,23H,6H2,(H2,20,24). The van der Waals surface area contributed by atoms with E-state index in [9.17, 15) is 19.1 Å². The number of nitrogens with two attached hydrogens (primary N) is 1. The molecule has 0 unspecified atom stereocenters. The molecule has 0 atom stereocenters. The van der Waals surface area contributed by atoms with Crippen LogP contribution in [0.3, 0.4) is 0 Å². The number of Topliss-reactive ketones (excluding diaryl/α,β-unsaturated/α-hetero) is 1. The van der Waals surface area contributed by atoms with Gasteiger partial charge >= 0.3 is 6.03 Å². The minimum absolute atomic E-state index is 0.0173. The number of amides is 1. The van der Waals surface area contributed by atoms with E-state index >= 15 is 0 Å². The fourth-order valence-electron chi connectivity index (χ4n) is 2.64. The first kappa shape index (κ1) is 16.0. The molecule has 0 fully saturated rings. The van der Waals surface area contributed by atoms with Crippen molar-refractivity contribution in [3.63, 3.8) is 0 Å². The van der Waals surface area contributed by atoms with Crippen LogP contribution in [0, 0.1) is 5.82 Å². The van der Waals surface area contributed by atoms with Crippen molar-refractivity contribution in [2.45, 2.75) is 6.42 Å². The minimum atomic E-state index is -1.00. The molecule has 0 saturated heterocycles. The molecule has 3 aromatic rings. The number of ketones is 1. The second-order valence-corrected chi connectivity index (χ2v) is 5.65. The lowest BCUT2D eigenvalue weighted by atomic mass is 10.0. The van der Waals surface area contributed by atoms with Crippen LogP contribution in [0.5, 0.6) is 5.88 Å². The lowest BCUT2D eigenvalue weighted by molar-refractivity contribution is 0.0992. The number of nitrogens with zero attached hydrogens (tertiary/aromatic N) is 1. The lowest BCUT2D eigenvalue weighted by Gasteiger charge is -2.02. The predicted molar refractivity (Wildman–Crippen MR) is 88.0 cm³/mol. The monoisotopic (exact) mass is 346 g/mol. The molecular formula is C17H12ClFN2O3. The first-order valence-corrected chi connectivity index (χ1v) is 7.37. The van der Waals surface area contributed by atoms with E-state index in [1.807, 2.05) is 6.07 Å². The molecule has 0 saturated carbocycles. The number of carbonyl (C=O) groups is 2. The van der Waals surface area contributed by atoms with Gasteiger partial charge in [-0.05, 0) is 17.7 Å². The van der Waals surface area contributed by atoms with E-state index in [0.717, 1.165) is 22.3 Å². The Labute approximate surface area is 141 Å². The maximum Gasteiger partial charge on any atom is 0.326 e. The highest BCUT2D eigenvalue weighted by atomic mass is 35.5. The van der Waals surface area contributed by atoms with Crippen molar-refractivity contribution in [1.82, 2.24) is 4.57 Å². The van der Waals surface area contributed by atoms with Crippen molar-refractivity contribution >= 4 is 34.3 Å². The van der Waals surface area contributed by atoms with Crippen molar-refractivity contribution in [2.75, 3.05) is 0 Å². The summed E-state index contributed by atoms with van der Waals surface area (Å²) in [6.45, 7) is 0. The Hall–Kier alpha value is -2.86. The number of primary amides is 1. The van der Waals surface area contributed by atoms with Crippen LogP contribution >= 0.6 is 11.6 Å². The zero-order valence-corrected chi connectivity index (χ0v) is 13.0. The first-order valence-electron chi connectivity index (χ1n) is 6.99. The van der Waals surface area contributed by atoms with E-state index in [-0.39, 0.29) is 27.9 Å². The minimum Gasteiger partial charge on any atom is -0.494 e. The molecule has 5 nitrogen and oxygen atoms in total. The summed E-state index contributed by atoms with van der Waals surface area (Å²) in [6.07, 6.45) is -0.0173. The molecular weight excluding hydrogens is 335 g/mol. The van der Waals surface area contributed by atoms with Crippen LogP contribution in [-0.4, -0.2) is 21.5 Å². The summed E-state index contributed by atoms with van der Waals surface area (Å²) in [4.78, 5) is 24.2. The fraction of sp³-hybridized carbons (Fsp3) is 0.0588. The molecule has 0 spiro atoms. The first-order chi connectivity index (χ1) is 11.4. The second kappa shape index (κ2) is 5.98. The zero-order chi connectivity index (χ0) is 17.4. The molecule has 24 heavy (non-hydrogen) atoms. The average molecular weight is 347 g/mol. The summed E-state index contributed by atoms with van der Waals surface area (Å²) in [7, 11) is 0. The van der Waals surface area contributed by atoms with E-state index in [4.69, 9.17) is 17.3 Å². The van der Waals surface area contributed by atoms with Gasteiger partial charge in [0.1, 0.15) is 5.82 Å². The summed E-state index contributed by atoms with van der Waals surface area (Å²) < 4.78 is 14.5. The van der Waals surface area contributed by atoms with Crippen molar-refractivity contribution in [2.24, 2.45) is 5.73 Å². The number of aromatic nitrogens is 1. The van der Waals surface area contributed by atoms with Crippen molar-refractivity contribution in [3.8, 4) is 5.88 Å². The van der Waals surface area contributed by atoms with E-state index in [1.165, 1.54) is 0 Å². The topological polar surface area (TPSA) is 85.3 Å². The van der Waals surface area contributed by atoms with E-state index in [0.29, 0.717) is 0 Å². The van der Waals surface area contributed by atoms with Gasteiger partial charge in [-0.25, -0.2) is 13.8 Å². The van der Waals surface area contributed by atoms with Crippen molar-refractivity contribution in [1.29, 1.82) is 0 Å². The summed E-state index contributed by atoms with van der Waals surface area (Å²) in [5.74, 6) is -1.86. The maximum atomic E-state index is 13.8. The molecule has 1 amide bonds. The Morgan fingerprint density at radius 1 is 1.21 bits per heavy atom. The summed E-state index contributed by atoms with van der Waals surface area (Å²) >= 11 is 5.73. The number of hydrogen-bond acceptors (Lipinski definition) is 3. The number of fused-ring (bicyclic) bond motifs is 1. The van der Waals surface area contributed by atoms with Gasteiger partial charge in [-0.15, -0.1) is 0 Å². The molecule has 1 heterocycles. The van der Waals surface area contributed by atoms with Gasteiger partial charge in [0.25, 0.3) is 0 Å². The Morgan fingerprint density at radius 3 is 2.50 bits per heavy atom. The van der Waals surface area contributed by atoms with Gasteiger partial charge in [-0.2, -0.15) is 0 Å². The highest BCUT2D eigenvalue weighted by Gasteiger charge is 2.25. The van der Waals surface area contributed by atoms with Gasteiger partial charge in [-0.1, -0.05) is 41.9 Å². The molecule has 7 heteroatoms. The SMILES string of the molecule is NC(=O)n1c(O)c(C(=O)Cc2ccccc2)c2cc(F)c(Cl)cc21. The zero-order valence-electron chi connectivity index (χ0n) is 12.3. The average Bonchev–Trinajstić information content (AvgIpc) is 2.80. The molecule has 0 bridgehead atoms. The van der Waals surface area contributed by atoms with Crippen molar-refractivity contribution in [3.05, 3.63) is 64.4 Å². The summed E-state index contributed by atoms with van der Waals surface area (Å²) in [6, 6.07) is 10.0. The Morgan fingerprint density at radius 2 is 1.88 bits per heavy atom. The summed E-state index contributed by atoms with van der Waals surface area (Å²) in [5.41, 5.74) is 5.88. The van der Waals surface area contributed by atoms with Crippen LogP contribution in [0.4, 0.5) is 9.18 Å². The van der Waals surface area contributed by atoms with Gasteiger partial charge in [0.2, 0.25) is 5.88 Å². The third kappa shape index (κ3) is 2.61. The Bertz CT molecular complexity index is 967. The largest absolute Gasteiger partial charge is 0.494 e. The van der Waals surface area contributed by atoms with Gasteiger partial charge in [0.05, 0.1) is 16.1 Å². The number of halogens is 2. The second-order valence-electron chi connectivity index (χ2n) is 5.24. The number of aromatic hydroxyl groups is 1. The van der Waals surface area contributed by atoms with Crippen LogP contribution < -0.4 is 5.73 Å². The van der Waals surface area contributed by atoms with E-state index in [1.54, 1.807) is 24.3 Å². The number of rotatable bonds is 3. The predicted octanol–water partition coefficient (Wildman–Crippen LogP) is 3.49. The van der Waals surface area contributed by atoms with Gasteiger partial charge in [-0.3, -0.25) is 4.79 Å². The smallest absolute Gasteiger partial charge is 0.326 e. The highest BCUT2D eigenvalue weighted by molar-refractivity contribution is 6.31. The van der Waals surface area contributed by atoms with Crippen LogP contribution in [-0.2, 0) is 6.42 Å². The fourth-order valence-corrected chi connectivity index (χ4v) is 2.79. The van der Waals surface area contributed by atoms with Crippen LogP contribution in [0.2, 0.25) is 5.02 Å². The molecule has 3 rings (SSSR count). The lowest BCUT2D eigenvalue weighted by Crippen LogP contribution is -2.19. The van der Waals surface area contributed by atoms with Crippen LogP contribution in [0.1, 0.15) is 15.9 Å². The Kier molecular flexibility index (Phi) is 3.99. The number of benzene rings is 2. The Balaban J connectivity index is 2.20. The summed E-state index contributed by atoms with van der Waals surface area (Å²) in [5, 5.41) is 10.1. The molecule has 0 aliphatic rings. The van der Waals surface area contributed by atoms with Gasteiger partial charge < -0.3 is 10.8 Å². The quantitative estimate of drug-likeness (QED) is 0.712. The van der Waals surface area contributed by atoms with Gasteiger partial charge in [0.15, 0.2) is 5.78 Å². The van der Waals surface area contributed by atoms with Crippen molar-refractivity contribution < 1.29 is 19.1 Å². The van der Waals surface area contributed by atoms with Crippen LogP contribution in [0.25, 0.3) is 10.9 Å². The highest BCUT2D eigenvalue weighted by Crippen LogP contribution is 2.34. The molecule has 0 radical (unpaired) electrons. The maximum absolute atomic E-state index is 13.8. The number of carbonyl (C=O) groups excluding carboxylic acids is 2. The third-order valence-corrected chi connectivity index (χ3v) is 3.98. The molecule has 0 aliphatic heterocycles. The normalized spacial score (nSPS) is 10.9. The molecule has 122 valence electrons. The van der Waals surface area contributed by atoms with E-state index < -0.39 is 23.5 Å². The number of hydrogen-bond donors (Lipinski definition) is 2. The molecule has 1 aromatic heterocycles. The van der Waals surface area contributed by atoms with E-state index in [2.05, 4.69) is 0 Å². The third-order valence-electron chi connectivity index (χ3n) is 3.69. The van der Waals surface area contributed by atoms with Gasteiger partial charge in [0, 0.05) is 11.8 Å². The molecule has 0 aliphatic carbocycles.